The first-order chi connectivity index (χ1) is 16.0. The van der Waals surface area contributed by atoms with Gasteiger partial charge in [-0.15, -0.1) is 11.3 Å². The first kappa shape index (κ1) is 22.4. The Labute approximate surface area is 197 Å². The molecule has 2 amide bonds. The molecule has 4 rings (SSSR count). The van der Waals surface area contributed by atoms with Crippen molar-refractivity contribution in [3.05, 3.63) is 106 Å². The highest BCUT2D eigenvalue weighted by atomic mass is 32.1. The molecular formula is C27H25N3O2S. The number of amides is 2. The molecule has 0 saturated heterocycles. The van der Waals surface area contributed by atoms with Crippen molar-refractivity contribution in [2.45, 2.75) is 26.3 Å². The van der Waals surface area contributed by atoms with Crippen molar-refractivity contribution in [2.24, 2.45) is 0 Å². The third-order valence-corrected chi connectivity index (χ3v) is 6.11. The van der Waals surface area contributed by atoms with Crippen LogP contribution in [0.4, 0.5) is 5.13 Å². The summed E-state index contributed by atoms with van der Waals surface area (Å²) in [6, 6.07) is 25.6. The second kappa shape index (κ2) is 10.2. The summed E-state index contributed by atoms with van der Waals surface area (Å²) in [5, 5.41) is 8.31. The summed E-state index contributed by atoms with van der Waals surface area (Å²) < 4.78 is 0. The number of rotatable bonds is 7. The van der Waals surface area contributed by atoms with Crippen molar-refractivity contribution < 1.29 is 9.59 Å². The number of carbonyl (C=O) groups is 2. The smallest absolute Gasteiger partial charge is 0.257 e. The number of thiazole rings is 1. The van der Waals surface area contributed by atoms with Crippen LogP contribution in [0.25, 0.3) is 11.3 Å². The number of aromatic nitrogens is 1. The van der Waals surface area contributed by atoms with Gasteiger partial charge in [0.05, 0.1) is 11.7 Å². The Hall–Kier alpha value is -3.77. The second-order valence-corrected chi connectivity index (χ2v) is 8.71. The molecule has 0 radical (unpaired) electrons. The molecule has 1 atom stereocenters. The summed E-state index contributed by atoms with van der Waals surface area (Å²) in [5.41, 5.74) is 5.55. The van der Waals surface area contributed by atoms with E-state index in [2.05, 4.69) is 27.8 Å². The summed E-state index contributed by atoms with van der Waals surface area (Å²) in [7, 11) is 0. The summed E-state index contributed by atoms with van der Waals surface area (Å²) in [4.78, 5) is 28.9. The maximum Gasteiger partial charge on any atom is 0.257 e. The Balaban J connectivity index is 1.46. The zero-order valence-corrected chi connectivity index (χ0v) is 19.4. The van der Waals surface area contributed by atoms with Crippen LogP contribution in [0.3, 0.4) is 0 Å². The molecule has 5 nitrogen and oxygen atoms in total. The lowest BCUT2D eigenvalue weighted by Gasteiger charge is -2.13. The van der Waals surface area contributed by atoms with E-state index in [1.807, 2.05) is 79.0 Å². The van der Waals surface area contributed by atoms with Gasteiger partial charge >= 0.3 is 0 Å². The number of nitrogens with one attached hydrogen (secondary N) is 2. The van der Waals surface area contributed by atoms with E-state index in [1.165, 1.54) is 18.3 Å². The van der Waals surface area contributed by atoms with Crippen LogP contribution in [0.5, 0.6) is 0 Å². The van der Waals surface area contributed by atoms with Gasteiger partial charge in [-0.25, -0.2) is 4.98 Å². The number of carbonyl (C=O) groups excluding carboxylic acids is 2. The summed E-state index contributed by atoms with van der Waals surface area (Å²) >= 11 is 1.40. The van der Waals surface area contributed by atoms with Crippen molar-refractivity contribution in [3.63, 3.8) is 0 Å². The lowest BCUT2D eigenvalue weighted by atomic mass is 9.99. The highest BCUT2D eigenvalue weighted by molar-refractivity contribution is 7.14. The van der Waals surface area contributed by atoms with Gasteiger partial charge in [0, 0.05) is 23.4 Å². The maximum absolute atomic E-state index is 13.0. The van der Waals surface area contributed by atoms with Gasteiger partial charge in [0.1, 0.15) is 0 Å². The van der Waals surface area contributed by atoms with Crippen LogP contribution < -0.4 is 10.6 Å². The van der Waals surface area contributed by atoms with Gasteiger partial charge < -0.3 is 5.32 Å². The van der Waals surface area contributed by atoms with Gasteiger partial charge in [0.15, 0.2) is 5.13 Å². The number of hydrogen-bond acceptors (Lipinski definition) is 4. The third kappa shape index (κ3) is 5.73. The van der Waals surface area contributed by atoms with E-state index in [0.29, 0.717) is 17.1 Å². The van der Waals surface area contributed by atoms with Gasteiger partial charge in [-0.3, -0.25) is 14.9 Å². The van der Waals surface area contributed by atoms with Gasteiger partial charge in [-0.2, -0.15) is 0 Å². The molecule has 0 aliphatic heterocycles. The summed E-state index contributed by atoms with van der Waals surface area (Å²) in [6.07, 6.45) is 0.691. The molecule has 2 N–H and O–H groups in total. The second-order valence-electron chi connectivity index (χ2n) is 7.86. The quantitative estimate of drug-likeness (QED) is 0.367. The first-order valence-electron chi connectivity index (χ1n) is 10.8. The highest BCUT2D eigenvalue weighted by Gasteiger charge is 2.14. The molecule has 0 saturated carbocycles. The molecule has 4 aromatic rings. The Morgan fingerprint density at radius 3 is 2.36 bits per heavy atom. The number of nitrogens with zero attached hydrogens (tertiary/aromatic N) is 1. The molecule has 0 fully saturated rings. The first-order valence-corrected chi connectivity index (χ1v) is 11.6. The predicted octanol–water partition coefficient (Wildman–Crippen LogP) is 5.85. The molecule has 33 heavy (non-hydrogen) atoms. The van der Waals surface area contributed by atoms with E-state index in [-0.39, 0.29) is 17.9 Å². The van der Waals surface area contributed by atoms with Crippen LogP contribution in [0, 0.1) is 0 Å². The number of benzene rings is 3. The average Bonchev–Trinajstić information content (AvgIpc) is 3.28. The topological polar surface area (TPSA) is 71.1 Å². The molecule has 0 aliphatic carbocycles. The van der Waals surface area contributed by atoms with Crippen molar-refractivity contribution in [1.29, 1.82) is 0 Å². The van der Waals surface area contributed by atoms with Crippen molar-refractivity contribution in [2.75, 3.05) is 5.32 Å². The summed E-state index contributed by atoms with van der Waals surface area (Å²) in [6.45, 7) is 3.46. The fourth-order valence-electron chi connectivity index (χ4n) is 3.67. The lowest BCUT2D eigenvalue weighted by molar-refractivity contribution is -0.119. The molecule has 1 heterocycles. The SMILES string of the molecule is CC(=O)NC(C)c1ccc(-c2csc(NC(=O)c3ccccc3Cc3ccccc3)n2)cc1. The van der Waals surface area contributed by atoms with Crippen LogP contribution >= 0.6 is 11.3 Å². The zero-order chi connectivity index (χ0) is 23.2. The molecule has 1 unspecified atom stereocenters. The Morgan fingerprint density at radius 1 is 0.939 bits per heavy atom. The van der Waals surface area contributed by atoms with E-state index < -0.39 is 0 Å². The molecule has 0 bridgehead atoms. The molecule has 6 heteroatoms. The molecule has 166 valence electrons. The number of anilines is 1. The van der Waals surface area contributed by atoms with Crippen LogP contribution in [-0.4, -0.2) is 16.8 Å². The predicted molar refractivity (Wildman–Crippen MR) is 133 cm³/mol. The van der Waals surface area contributed by atoms with Gasteiger partial charge in [-0.1, -0.05) is 72.8 Å². The molecular weight excluding hydrogens is 430 g/mol. The fourth-order valence-corrected chi connectivity index (χ4v) is 4.39. The van der Waals surface area contributed by atoms with E-state index in [0.717, 1.165) is 27.9 Å². The van der Waals surface area contributed by atoms with Crippen molar-refractivity contribution in [1.82, 2.24) is 10.3 Å². The van der Waals surface area contributed by atoms with Gasteiger partial charge in [0.2, 0.25) is 5.91 Å². The Kier molecular flexibility index (Phi) is 6.95. The van der Waals surface area contributed by atoms with E-state index in [9.17, 15) is 9.59 Å². The Bertz CT molecular complexity index is 1250. The van der Waals surface area contributed by atoms with Gasteiger partial charge in [-0.05, 0) is 36.1 Å². The molecule has 0 aliphatic rings. The normalized spacial score (nSPS) is 11.6. The lowest BCUT2D eigenvalue weighted by Crippen LogP contribution is -2.23. The zero-order valence-electron chi connectivity index (χ0n) is 18.5. The van der Waals surface area contributed by atoms with Crippen molar-refractivity contribution in [3.8, 4) is 11.3 Å². The monoisotopic (exact) mass is 455 g/mol. The Morgan fingerprint density at radius 2 is 1.64 bits per heavy atom. The largest absolute Gasteiger partial charge is 0.350 e. The minimum atomic E-state index is -0.165. The minimum absolute atomic E-state index is 0.0576. The van der Waals surface area contributed by atoms with Crippen LogP contribution in [0.1, 0.15) is 46.9 Å². The standard InChI is InChI=1S/C27H25N3O2S/c1-18(28-19(2)31)21-12-14-22(15-13-21)25-17-33-27(29-25)30-26(32)24-11-7-6-10-23(24)16-20-8-4-3-5-9-20/h3-15,17-18H,16H2,1-2H3,(H,28,31)(H,29,30,32). The van der Waals surface area contributed by atoms with Crippen LogP contribution in [0.2, 0.25) is 0 Å². The molecule has 0 spiro atoms. The fraction of sp³-hybridized carbons (Fsp3) is 0.148. The van der Waals surface area contributed by atoms with E-state index in [1.54, 1.807) is 0 Å². The third-order valence-electron chi connectivity index (χ3n) is 5.35. The summed E-state index contributed by atoms with van der Waals surface area (Å²) in [5.74, 6) is -0.223. The van der Waals surface area contributed by atoms with Crippen molar-refractivity contribution >= 4 is 28.3 Å². The van der Waals surface area contributed by atoms with Gasteiger partial charge in [0.25, 0.3) is 5.91 Å². The average molecular weight is 456 g/mol. The van der Waals surface area contributed by atoms with E-state index >= 15 is 0 Å². The van der Waals surface area contributed by atoms with Crippen LogP contribution in [-0.2, 0) is 11.2 Å². The molecule has 1 aromatic heterocycles. The van der Waals surface area contributed by atoms with E-state index in [4.69, 9.17) is 0 Å². The van der Waals surface area contributed by atoms with Crippen LogP contribution in [0.15, 0.2) is 84.2 Å². The minimum Gasteiger partial charge on any atom is -0.350 e. The number of hydrogen-bond donors (Lipinski definition) is 2. The molecule has 3 aromatic carbocycles. The maximum atomic E-state index is 13.0. The highest BCUT2D eigenvalue weighted by Crippen LogP contribution is 2.27.